The van der Waals surface area contributed by atoms with Gasteiger partial charge in [-0.05, 0) is 38.8 Å². The van der Waals surface area contributed by atoms with Gasteiger partial charge in [-0.3, -0.25) is 9.59 Å². The van der Waals surface area contributed by atoms with Crippen molar-refractivity contribution in [3.8, 4) is 0 Å². The maximum absolute atomic E-state index is 12.2. The summed E-state index contributed by atoms with van der Waals surface area (Å²) in [5.74, 6) is -0.0901. The average molecular weight is 256 g/mol. The molecule has 1 aliphatic rings. The zero-order valence-electron chi connectivity index (χ0n) is 11.4. The summed E-state index contributed by atoms with van der Waals surface area (Å²) in [6.45, 7) is 4.43. The number of ether oxygens (including phenoxy) is 1. The topological polar surface area (TPSA) is 67.4 Å². The third kappa shape index (κ3) is 3.98. The molecule has 1 saturated heterocycles. The number of carbonyl (C=O) groups excluding carboxylic acids is 2. The Morgan fingerprint density at radius 2 is 2.00 bits per heavy atom. The summed E-state index contributed by atoms with van der Waals surface area (Å²) in [4.78, 5) is 23.1. The van der Waals surface area contributed by atoms with Crippen LogP contribution in [0.15, 0.2) is 0 Å². The van der Waals surface area contributed by atoms with Crippen LogP contribution in [0.2, 0.25) is 0 Å². The molecule has 0 radical (unpaired) electrons. The summed E-state index contributed by atoms with van der Waals surface area (Å²) in [6, 6.07) is 0. The van der Waals surface area contributed by atoms with E-state index in [-0.39, 0.29) is 17.3 Å². The lowest BCUT2D eigenvalue weighted by Crippen LogP contribution is -2.47. The van der Waals surface area contributed by atoms with Crippen molar-refractivity contribution in [1.82, 2.24) is 10.6 Å². The Hall–Kier alpha value is -1.10. The van der Waals surface area contributed by atoms with E-state index in [0.29, 0.717) is 19.4 Å². The molecule has 5 heteroatoms. The van der Waals surface area contributed by atoms with Gasteiger partial charge in [0.2, 0.25) is 5.91 Å². The van der Waals surface area contributed by atoms with E-state index in [0.717, 1.165) is 32.4 Å². The van der Waals surface area contributed by atoms with Crippen LogP contribution in [-0.4, -0.2) is 38.6 Å². The molecule has 0 aromatic heterocycles. The Morgan fingerprint density at radius 1 is 1.33 bits per heavy atom. The summed E-state index contributed by atoms with van der Waals surface area (Å²) >= 11 is 0. The number of rotatable bonds is 6. The highest BCUT2D eigenvalue weighted by molar-refractivity contribution is 5.82. The number of amides is 1. The van der Waals surface area contributed by atoms with Gasteiger partial charge < -0.3 is 15.4 Å². The Bertz CT molecular complexity index is 286. The summed E-state index contributed by atoms with van der Waals surface area (Å²) in [5, 5.41) is 6.23. The minimum atomic E-state index is -0.226. The van der Waals surface area contributed by atoms with Crippen molar-refractivity contribution < 1.29 is 14.3 Å². The van der Waals surface area contributed by atoms with E-state index in [1.807, 2.05) is 0 Å². The van der Waals surface area contributed by atoms with Gasteiger partial charge in [0.25, 0.3) is 0 Å². The molecule has 2 N–H and O–H groups in total. The highest BCUT2D eigenvalue weighted by atomic mass is 16.5. The van der Waals surface area contributed by atoms with Crippen molar-refractivity contribution in [2.45, 2.75) is 39.0 Å². The third-order valence-electron chi connectivity index (χ3n) is 3.79. The number of methoxy groups -OCH3 is 1. The quantitative estimate of drug-likeness (QED) is 0.546. The number of piperidine rings is 1. The van der Waals surface area contributed by atoms with Crippen molar-refractivity contribution in [2.24, 2.45) is 5.41 Å². The van der Waals surface area contributed by atoms with E-state index in [1.165, 1.54) is 7.11 Å². The van der Waals surface area contributed by atoms with Crippen LogP contribution >= 0.6 is 0 Å². The third-order valence-corrected chi connectivity index (χ3v) is 3.79. The zero-order valence-corrected chi connectivity index (χ0v) is 11.4. The van der Waals surface area contributed by atoms with Gasteiger partial charge in [-0.15, -0.1) is 0 Å². The number of hydrogen-bond donors (Lipinski definition) is 2. The van der Waals surface area contributed by atoms with Crippen molar-refractivity contribution in [2.75, 3.05) is 26.7 Å². The van der Waals surface area contributed by atoms with Gasteiger partial charge in [0.05, 0.1) is 12.5 Å². The Balaban J connectivity index is 2.32. The minimum absolute atomic E-state index is 0.136. The van der Waals surface area contributed by atoms with Crippen LogP contribution in [0.5, 0.6) is 0 Å². The van der Waals surface area contributed by atoms with Gasteiger partial charge >= 0.3 is 5.97 Å². The highest BCUT2D eigenvalue weighted by Gasteiger charge is 2.37. The number of hydrogen-bond acceptors (Lipinski definition) is 4. The predicted octanol–water partition coefficient (Wildman–Crippen LogP) is 0.836. The number of nitrogens with one attached hydrogen (secondary N) is 2. The molecule has 0 aromatic carbocycles. The lowest BCUT2D eigenvalue weighted by atomic mass is 9.76. The molecule has 0 aromatic rings. The molecule has 0 spiro atoms. The normalized spacial score (nSPS) is 18.1. The van der Waals surface area contributed by atoms with E-state index < -0.39 is 0 Å². The second-order valence-electron chi connectivity index (χ2n) is 4.82. The van der Waals surface area contributed by atoms with Crippen LogP contribution in [0.4, 0.5) is 0 Å². The summed E-state index contributed by atoms with van der Waals surface area (Å²) < 4.78 is 4.55. The molecule has 104 valence electrons. The minimum Gasteiger partial charge on any atom is -0.469 e. The molecular weight excluding hydrogens is 232 g/mol. The molecule has 0 atom stereocenters. The first kappa shape index (κ1) is 15.0. The van der Waals surface area contributed by atoms with Gasteiger partial charge in [-0.25, -0.2) is 0 Å². The van der Waals surface area contributed by atoms with E-state index >= 15 is 0 Å². The van der Waals surface area contributed by atoms with Gasteiger partial charge in [-0.1, -0.05) is 6.92 Å². The average Bonchev–Trinajstić information content (AvgIpc) is 2.43. The van der Waals surface area contributed by atoms with Crippen molar-refractivity contribution in [1.29, 1.82) is 0 Å². The van der Waals surface area contributed by atoms with Crippen LogP contribution in [0, 0.1) is 5.41 Å². The molecule has 0 unspecified atom stereocenters. The standard InChI is InChI=1S/C13H24N2O3/c1-3-13(6-9-14-10-7-13)12(17)15-8-4-5-11(16)18-2/h14H,3-10H2,1-2H3,(H,15,17). The first-order valence-electron chi connectivity index (χ1n) is 6.70. The first-order valence-corrected chi connectivity index (χ1v) is 6.70. The fraction of sp³-hybridized carbons (Fsp3) is 0.846. The Kier molecular flexibility index (Phi) is 6.12. The maximum atomic E-state index is 12.2. The summed E-state index contributed by atoms with van der Waals surface area (Å²) in [5.41, 5.74) is -0.212. The molecule has 1 amide bonds. The Labute approximate surface area is 109 Å². The molecule has 0 aliphatic carbocycles. The molecule has 5 nitrogen and oxygen atoms in total. The van der Waals surface area contributed by atoms with Gasteiger partial charge in [0, 0.05) is 13.0 Å². The fourth-order valence-electron chi connectivity index (χ4n) is 2.37. The smallest absolute Gasteiger partial charge is 0.305 e. The lowest BCUT2D eigenvalue weighted by Gasteiger charge is -2.35. The monoisotopic (exact) mass is 256 g/mol. The summed E-state index contributed by atoms with van der Waals surface area (Å²) in [6.07, 6.45) is 3.66. The van der Waals surface area contributed by atoms with Crippen LogP contribution in [0.1, 0.15) is 39.0 Å². The largest absolute Gasteiger partial charge is 0.469 e. The molecule has 18 heavy (non-hydrogen) atoms. The summed E-state index contributed by atoms with van der Waals surface area (Å²) in [7, 11) is 1.38. The van der Waals surface area contributed by atoms with E-state index in [4.69, 9.17) is 0 Å². The highest BCUT2D eigenvalue weighted by Crippen LogP contribution is 2.32. The maximum Gasteiger partial charge on any atom is 0.305 e. The van der Waals surface area contributed by atoms with Crippen molar-refractivity contribution >= 4 is 11.9 Å². The van der Waals surface area contributed by atoms with E-state index in [2.05, 4.69) is 22.3 Å². The zero-order chi connectivity index (χ0) is 13.4. The molecule has 1 fully saturated rings. The second-order valence-corrected chi connectivity index (χ2v) is 4.82. The van der Waals surface area contributed by atoms with Crippen molar-refractivity contribution in [3.05, 3.63) is 0 Å². The molecule has 0 bridgehead atoms. The second kappa shape index (κ2) is 7.36. The predicted molar refractivity (Wildman–Crippen MR) is 69.1 cm³/mol. The fourth-order valence-corrected chi connectivity index (χ4v) is 2.37. The number of esters is 1. The van der Waals surface area contributed by atoms with Crippen LogP contribution in [-0.2, 0) is 14.3 Å². The van der Waals surface area contributed by atoms with Crippen LogP contribution in [0.25, 0.3) is 0 Å². The van der Waals surface area contributed by atoms with Crippen LogP contribution in [0.3, 0.4) is 0 Å². The molecular formula is C13H24N2O3. The van der Waals surface area contributed by atoms with E-state index in [9.17, 15) is 9.59 Å². The van der Waals surface area contributed by atoms with E-state index in [1.54, 1.807) is 0 Å². The molecule has 1 aliphatic heterocycles. The molecule has 0 saturated carbocycles. The molecule has 1 rings (SSSR count). The lowest BCUT2D eigenvalue weighted by molar-refractivity contribution is -0.141. The van der Waals surface area contributed by atoms with Crippen LogP contribution < -0.4 is 10.6 Å². The van der Waals surface area contributed by atoms with Gasteiger partial charge in [-0.2, -0.15) is 0 Å². The number of carbonyl (C=O) groups is 2. The van der Waals surface area contributed by atoms with Crippen molar-refractivity contribution in [3.63, 3.8) is 0 Å². The first-order chi connectivity index (χ1) is 8.64. The SMILES string of the molecule is CCC1(C(=O)NCCCC(=O)OC)CCNCC1. The Morgan fingerprint density at radius 3 is 2.56 bits per heavy atom. The van der Waals surface area contributed by atoms with Gasteiger partial charge in [0.15, 0.2) is 0 Å². The molecule has 1 heterocycles. The van der Waals surface area contributed by atoms with Gasteiger partial charge in [0.1, 0.15) is 0 Å².